The number of halogens is 1. The molecule has 115 heavy (non-hydrogen) atoms. The van der Waals surface area contributed by atoms with Crippen molar-refractivity contribution in [2.75, 3.05) is 14.7 Å². The molecule has 4 aliphatic rings. The lowest BCUT2D eigenvalue weighted by Gasteiger charge is -2.40. The van der Waals surface area contributed by atoms with Crippen molar-refractivity contribution in [3.8, 4) is 77.9 Å². The van der Waals surface area contributed by atoms with E-state index >= 15 is 0 Å². The maximum absolute atomic E-state index is 14.2. The van der Waals surface area contributed by atoms with Gasteiger partial charge in [-0.3, -0.25) is 0 Å². The minimum Gasteiger partial charge on any atom is -0.336 e. The first-order chi connectivity index (χ1) is 54.6. The van der Waals surface area contributed by atoms with Gasteiger partial charge in [-0.15, -0.1) is 0 Å². The zero-order valence-electron chi connectivity index (χ0n) is 72.2. The summed E-state index contributed by atoms with van der Waals surface area (Å²) in [5.41, 5.74) is 42.0. The van der Waals surface area contributed by atoms with Gasteiger partial charge in [-0.2, -0.15) is 0 Å². The zero-order chi connectivity index (χ0) is 81.6. The third-order valence-electron chi connectivity index (χ3n) is 25.6. The van der Waals surface area contributed by atoms with Crippen LogP contribution in [0.3, 0.4) is 0 Å². The predicted octanol–water partition coefficient (Wildman–Crippen LogP) is 31.5. The van der Waals surface area contributed by atoms with E-state index in [1.54, 1.807) is 17.7 Å². The Balaban J connectivity index is 0.000000136. The molecule has 4 heteroatoms. The van der Waals surface area contributed by atoms with Gasteiger partial charge in [0.2, 0.25) is 0 Å². The highest BCUT2D eigenvalue weighted by atomic mass is 19.1. The summed E-state index contributed by atoms with van der Waals surface area (Å²) in [7, 11) is 0. The fraction of sp³-hybridized carbons (Fsp3) is 0.297. The Bertz CT molecular complexity index is 5810. The van der Waals surface area contributed by atoms with Crippen LogP contribution in [-0.2, 0) is 16.2 Å². The summed E-state index contributed by atoms with van der Waals surface area (Å²) in [6.07, 6.45) is 6.84. The topological polar surface area (TPSA) is 9.72 Å². The van der Waals surface area contributed by atoms with Gasteiger partial charge in [-0.25, -0.2) is 4.39 Å². The standard InChI is InChI=1S/C39H45N.C39H39N.C33H34FN/c2*1-26-18-19-31(29-16-12-9-13-17-29)24-36(26)40(38(3,4)5)37-25-35-33(22-27(37)2)32-21-20-30(23-34(32)39(35,6)7)28-14-10-8-11-15-28;1-21-13-14-24(23-11-9-8-10-12-23)18-30(21)35(32(3,4)5)31-20-29-27(17-22(31)2)26-16-15-25(34)19-28(26)33(29,6)7/h9,12-13,16-25,28H,8,10-11,14-15H2,1-7H3;8-25H,1-7H3;8-20H,1-7H3. The van der Waals surface area contributed by atoms with Crippen molar-refractivity contribution in [2.24, 2.45) is 0 Å². The lowest BCUT2D eigenvalue weighted by molar-refractivity contribution is 0.443. The molecular weight excluding hydrogens is 1390 g/mol. The first-order valence-electron chi connectivity index (χ1n) is 42.1. The van der Waals surface area contributed by atoms with Crippen molar-refractivity contribution in [3.63, 3.8) is 0 Å². The van der Waals surface area contributed by atoms with Crippen molar-refractivity contribution in [3.05, 3.63) is 345 Å². The number of rotatable bonds is 11. The summed E-state index contributed by atoms with van der Waals surface area (Å²) in [5.74, 6) is 0.554. The molecule has 1 fully saturated rings. The van der Waals surface area contributed by atoms with Crippen LogP contribution in [-0.4, -0.2) is 16.6 Å². The molecular formula is C111H118FN3. The van der Waals surface area contributed by atoms with Crippen LogP contribution in [0.25, 0.3) is 77.9 Å². The second-order valence-corrected chi connectivity index (χ2v) is 38.0. The Morgan fingerprint density at radius 3 is 0.852 bits per heavy atom. The zero-order valence-corrected chi connectivity index (χ0v) is 72.2. The molecule has 0 unspecified atom stereocenters. The molecule has 0 atom stereocenters. The van der Waals surface area contributed by atoms with Crippen LogP contribution in [0.5, 0.6) is 0 Å². The Kier molecular flexibility index (Phi) is 21.0. The lowest BCUT2D eigenvalue weighted by Crippen LogP contribution is -2.38. The smallest absolute Gasteiger partial charge is 0.123 e. The summed E-state index contributed by atoms with van der Waals surface area (Å²) in [4.78, 5) is 7.61. The van der Waals surface area contributed by atoms with Crippen LogP contribution in [0.15, 0.2) is 267 Å². The normalized spacial score (nSPS) is 14.7. The van der Waals surface area contributed by atoms with Gasteiger partial charge in [0.1, 0.15) is 5.82 Å². The van der Waals surface area contributed by atoms with Crippen molar-refractivity contribution < 1.29 is 4.39 Å². The summed E-state index contributed by atoms with van der Waals surface area (Å²) >= 11 is 0. The van der Waals surface area contributed by atoms with Gasteiger partial charge < -0.3 is 14.7 Å². The van der Waals surface area contributed by atoms with Gasteiger partial charge in [0.05, 0.1) is 0 Å². The first kappa shape index (κ1) is 79.4. The van der Waals surface area contributed by atoms with Crippen LogP contribution in [0.4, 0.5) is 38.5 Å². The maximum Gasteiger partial charge on any atom is 0.123 e. The van der Waals surface area contributed by atoms with E-state index in [0.29, 0.717) is 0 Å². The molecule has 584 valence electrons. The Hall–Kier alpha value is -10.8. The number of aryl methyl sites for hydroxylation is 6. The quantitative estimate of drug-likeness (QED) is 0.128. The molecule has 1 saturated carbocycles. The van der Waals surface area contributed by atoms with Gasteiger partial charge in [0.25, 0.3) is 0 Å². The molecule has 17 rings (SSSR count). The highest BCUT2D eigenvalue weighted by Gasteiger charge is 2.42. The van der Waals surface area contributed by atoms with Crippen molar-refractivity contribution in [1.29, 1.82) is 0 Å². The molecule has 4 aliphatic carbocycles. The van der Waals surface area contributed by atoms with E-state index in [0.717, 1.165) is 17.0 Å². The van der Waals surface area contributed by atoms with Crippen molar-refractivity contribution in [1.82, 2.24) is 0 Å². The SMILES string of the molecule is Cc1ccc(-c2ccccc2)cc1N(c1cc2c(cc1C)-c1ccc(-c3ccccc3)cc1C2(C)C)C(C)(C)C.Cc1ccc(-c2ccccc2)cc1N(c1cc2c(cc1C)-c1ccc(C3CCCCC3)cc1C2(C)C)C(C)(C)C.Cc1ccc(-c2ccccc2)cc1N(c1cc2c(cc1C)-c1ccc(F)cc1C2(C)C)C(C)(C)C. The summed E-state index contributed by atoms with van der Waals surface area (Å²) in [6.45, 7) is 48.3. The van der Waals surface area contributed by atoms with Crippen molar-refractivity contribution in [2.45, 2.75) is 216 Å². The molecule has 0 aliphatic heterocycles. The minimum atomic E-state index is -0.264. The number of hydrogen-bond acceptors (Lipinski definition) is 3. The first-order valence-corrected chi connectivity index (χ1v) is 42.1. The molecule has 0 spiro atoms. The molecule has 0 N–H and O–H groups in total. The van der Waals surface area contributed by atoms with E-state index in [1.807, 2.05) is 6.07 Å². The van der Waals surface area contributed by atoms with Crippen LogP contribution >= 0.6 is 0 Å². The fourth-order valence-electron chi connectivity index (χ4n) is 19.4. The fourth-order valence-corrected chi connectivity index (χ4v) is 19.4. The largest absolute Gasteiger partial charge is 0.336 e. The van der Waals surface area contributed by atoms with Crippen LogP contribution in [0.2, 0.25) is 0 Å². The van der Waals surface area contributed by atoms with E-state index in [9.17, 15) is 4.39 Å². The summed E-state index contributed by atoms with van der Waals surface area (Å²) in [6, 6.07) is 97.5. The molecule has 0 bridgehead atoms. The molecule has 0 radical (unpaired) electrons. The second kappa shape index (κ2) is 30.4. The predicted molar refractivity (Wildman–Crippen MR) is 493 cm³/mol. The average molecular weight is 1510 g/mol. The Morgan fingerprint density at radius 1 is 0.252 bits per heavy atom. The molecule has 13 aromatic carbocycles. The van der Waals surface area contributed by atoms with Gasteiger partial charge in [0.15, 0.2) is 0 Å². The summed E-state index contributed by atoms with van der Waals surface area (Å²) < 4.78 is 14.2. The van der Waals surface area contributed by atoms with Gasteiger partial charge >= 0.3 is 0 Å². The Labute approximate surface area is 688 Å². The molecule has 0 heterocycles. The molecule has 0 amide bonds. The van der Waals surface area contributed by atoms with Gasteiger partial charge in [-0.05, 0) is 346 Å². The molecule has 3 nitrogen and oxygen atoms in total. The second-order valence-electron chi connectivity index (χ2n) is 38.0. The molecule has 13 aromatic rings. The van der Waals surface area contributed by atoms with Crippen LogP contribution < -0.4 is 14.7 Å². The number of benzene rings is 13. The van der Waals surface area contributed by atoms with Crippen LogP contribution in [0.1, 0.15) is 214 Å². The lowest BCUT2D eigenvalue weighted by atomic mass is 9.78. The third-order valence-corrected chi connectivity index (χ3v) is 25.6. The number of hydrogen-bond donors (Lipinski definition) is 0. The van der Waals surface area contributed by atoms with E-state index in [1.165, 1.54) is 200 Å². The van der Waals surface area contributed by atoms with Crippen LogP contribution in [0, 0.1) is 47.4 Å². The molecule has 0 saturated heterocycles. The van der Waals surface area contributed by atoms with Crippen molar-refractivity contribution >= 4 is 34.1 Å². The number of nitrogens with zero attached hydrogens (tertiary/aromatic N) is 3. The summed E-state index contributed by atoms with van der Waals surface area (Å²) in [5, 5.41) is 0. The van der Waals surface area contributed by atoms with E-state index < -0.39 is 0 Å². The average Bonchev–Trinajstić information content (AvgIpc) is 1.57. The van der Waals surface area contributed by atoms with Gasteiger partial charge in [-0.1, -0.05) is 255 Å². The number of anilines is 6. The van der Waals surface area contributed by atoms with Gasteiger partial charge in [0, 0.05) is 67.0 Å². The minimum absolute atomic E-state index is 0.0255. The van der Waals surface area contributed by atoms with E-state index in [4.69, 9.17) is 0 Å². The number of fused-ring (bicyclic) bond motifs is 9. The Morgan fingerprint density at radius 2 is 0.522 bits per heavy atom. The third kappa shape index (κ3) is 15.0. The maximum atomic E-state index is 14.2. The highest BCUT2D eigenvalue weighted by molar-refractivity contribution is 5.91. The highest BCUT2D eigenvalue weighted by Crippen LogP contribution is 2.57. The monoisotopic (exact) mass is 1510 g/mol. The van der Waals surface area contributed by atoms with E-state index in [2.05, 4.69) is 409 Å². The van der Waals surface area contributed by atoms with E-state index in [-0.39, 0.29) is 38.7 Å². The molecule has 0 aromatic heterocycles.